The number of hydrogen-bond acceptors (Lipinski definition) is 5. The van der Waals surface area contributed by atoms with Crippen LogP contribution in [-0.4, -0.2) is 55.3 Å². The summed E-state index contributed by atoms with van der Waals surface area (Å²) in [7, 11) is 0. The van der Waals surface area contributed by atoms with Crippen molar-refractivity contribution in [3.8, 4) is 0 Å². The van der Waals surface area contributed by atoms with Crippen molar-refractivity contribution >= 4 is 35.2 Å². The number of carbonyl (C=O) groups excluding carboxylic acids is 4. The van der Waals surface area contributed by atoms with Crippen LogP contribution in [-0.2, 0) is 19.2 Å². The maximum Gasteiger partial charge on any atom is 0.251 e. The van der Waals surface area contributed by atoms with Crippen molar-refractivity contribution in [1.82, 2.24) is 21.3 Å². The monoisotopic (exact) mass is 425 g/mol. The second kappa shape index (κ2) is 12.0. The molecule has 1 aliphatic carbocycles. The van der Waals surface area contributed by atoms with Gasteiger partial charge < -0.3 is 27.0 Å². The third-order valence-corrected chi connectivity index (χ3v) is 4.24. The molecular formula is C19H28ClN5O4. The minimum atomic E-state index is -0.591. The molecule has 29 heavy (non-hydrogen) atoms. The first kappa shape index (κ1) is 24.4. The van der Waals surface area contributed by atoms with Gasteiger partial charge in [-0.1, -0.05) is 17.7 Å². The molecule has 0 fully saturated rings. The molecule has 10 heteroatoms. The summed E-state index contributed by atoms with van der Waals surface area (Å²) >= 11 is 6.02. The van der Waals surface area contributed by atoms with Gasteiger partial charge in [0, 0.05) is 35.3 Å². The molecule has 0 spiro atoms. The van der Waals surface area contributed by atoms with Gasteiger partial charge in [0.05, 0.1) is 12.6 Å². The Kier molecular flexibility index (Phi) is 10.1. The van der Waals surface area contributed by atoms with Crippen LogP contribution in [0, 0.1) is 0 Å². The number of amides is 4. The molecule has 2 atom stereocenters. The smallest absolute Gasteiger partial charge is 0.251 e. The van der Waals surface area contributed by atoms with Gasteiger partial charge in [-0.3, -0.25) is 19.2 Å². The second-order valence-corrected chi connectivity index (χ2v) is 7.04. The van der Waals surface area contributed by atoms with Crippen molar-refractivity contribution in [2.75, 3.05) is 19.6 Å². The van der Waals surface area contributed by atoms with E-state index in [1.807, 2.05) is 0 Å². The van der Waals surface area contributed by atoms with Crippen molar-refractivity contribution in [3.63, 3.8) is 0 Å². The lowest BCUT2D eigenvalue weighted by Gasteiger charge is -2.19. The predicted octanol–water partition coefficient (Wildman–Crippen LogP) is -0.414. The zero-order valence-electron chi connectivity index (χ0n) is 16.8. The fraction of sp³-hybridized carbons (Fsp3) is 0.474. The summed E-state index contributed by atoms with van der Waals surface area (Å²) in [5.74, 6) is -1.52. The van der Waals surface area contributed by atoms with Crippen molar-refractivity contribution in [3.05, 3.63) is 34.4 Å². The Balaban J connectivity index is 2.48. The van der Waals surface area contributed by atoms with Gasteiger partial charge in [-0.15, -0.1) is 0 Å². The highest BCUT2D eigenvalue weighted by Gasteiger charge is 2.17. The van der Waals surface area contributed by atoms with Crippen LogP contribution >= 0.6 is 11.6 Å². The number of nitrogens with one attached hydrogen (secondary N) is 4. The number of primary amides is 1. The molecule has 1 aliphatic rings. The third-order valence-electron chi connectivity index (χ3n) is 4.02. The van der Waals surface area contributed by atoms with E-state index in [1.54, 1.807) is 26.8 Å². The molecule has 0 bridgehead atoms. The molecule has 0 heterocycles. The van der Waals surface area contributed by atoms with Crippen molar-refractivity contribution in [2.24, 2.45) is 5.73 Å². The molecule has 2 unspecified atom stereocenters. The standard InChI is InChI=1S/C19H28ClN5O4/c1-4-22-16(26)10-24-18(28)12(3)23-9-11(2)25-19(29)14-6-5-13(17(21)27)7-15(20)8-14/h6-8,11-12,23H,4-5,9-10H2,1-3H3,(H2,21,27)(H,22,26)(H,24,28)(H,25,29). The number of nitrogens with two attached hydrogens (primary N) is 1. The Morgan fingerprint density at radius 1 is 1.17 bits per heavy atom. The Hall–Kier alpha value is -2.65. The van der Waals surface area contributed by atoms with E-state index in [4.69, 9.17) is 17.3 Å². The first-order valence-corrected chi connectivity index (χ1v) is 9.68. The number of halogens is 1. The molecular weight excluding hydrogens is 398 g/mol. The van der Waals surface area contributed by atoms with E-state index in [9.17, 15) is 19.2 Å². The summed E-state index contributed by atoms with van der Waals surface area (Å²) in [6.45, 7) is 5.97. The van der Waals surface area contributed by atoms with Gasteiger partial charge in [0.25, 0.3) is 5.91 Å². The summed E-state index contributed by atoms with van der Waals surface area (Å²) in [6, 6.07) is -0.835. The van der Waals surface area contributed by atoms with E-state index in [2.05, 4.69) is 21.3 Å². The topological polar surface area (TPSA) is 142 Å². The van der Waals surface area contributed by atoms with Gasteiger partial charge in [0.2, 0.25) is 17.7 Å². The van der Waals surface area contributed by atoms with Crippen LogP contribution in [0.25, 0.3) is 0 Å². The van der Waals surface area contributed by atoms with Crippen molar-refractivity contribution in [1.29, 1.82) is 0 Å². The lowest BCUT2D eigenvalue weighted by molar-refractivity contribution is -0.127. The van der Waals surface area contributed by atoms with Gasteiger partial charge >= 0.3 is 0 Å². The number of carbonyl (C=O) groups is 4. The average molecular weight is 426 g/mol. The highest BCUT2D eigenvalue weighted by Crippen LogP contribution is 2.19. The highest BCUT2D eigenvalue weighted by molar-refractivity contribution is 6.32. The number of allylic oxidation sites excluding steroid dienone is 3. The quantitative estimate of drug-likeness (QED) is 0.323. The largest absolute Gasteiger partial charge is 0.366 e. The molecule has 9 nitrogen and oxygen atoms in total. The van der Waals surface area contributed by atoms with Gasteiger partial charge in [0.1, 0.15) is 0 Å². The van der Waals surface area contributed by atoms with E-state index in [0.29, 0.717) is 24.2 Å². The molecule has 0 aromatic rings. The van der Waals surface area contributed by atoms with E-state index < -0.39 is 11.9 Å². The molecule has 0 saturated carbocycles. The molecule has 1 rings (SSSR count). The third kappa shape index (κ3) is 8.93. The molecule has 0 aliphatic heterocycles. The van der Waals surface area contributed by atoms with Crippen LogP contribution in [0.3, 0.4) is 0 Å². The molecule has 160 valence electrons. The second-order valence-electron chi connectivity index (χ2n) is 6.60. The maximum absolute atomic E-state index is 12.4. The summed E-state index contributed by atoms with van der Waals surface area (Å²) in [6.07, 6.45) is 4.69. The summed E-state index contributed by atoms with van der Waals surface area (Å²) in [5, 5.41) is 11.2. The Bertz CT molecular complexity index is 745. The van der Waals surface area contributed by atoms with Gasteiger partial charge in [0.15, 0.2) is 0 Å². The average Bonchev–Trinajstić information content (AvgIpc) is 2.86. The van der Waals surface area contributed by atoms with Crippen LogP contribution in [0.5, 0.6) is 0 Å². The fourth-order valence-corrected chi connectivity index (χ4v) is 2.66. The summed E-state index contributed by atoms with van der Waals surface area (Å²) in [5.41, 5.74) is 5.90. The molecule has 6 N–H and O–H groups in total. The van der Waals surface area contributed by atoms with E-state index >= 15 is 0 Å². The highest BCUT2D eigenvalue weighted by atomic mass is 35.5. The SMILES string of the molecule is CCNC(=O)CNC(=O)C(C)NCC(C)NC(=O)C1=CCC(C(N)=O)=CC(Cl)=C1. The normalized spacial score (nSPS) is 15.7. The molecule has 0 aromatic carbocycles. The van der Waals surface area contributed by atoms with Crippen molar-refractivity contribution < 1.29 is 19.2 Å². The maximum atomic E-state index is 12.4. The van der Waals surface area contributed by atoms with Crippen molar-refractivity contribution in [2.45, 2.75) is 39.3 Å². The first-order valence-electron chi connectivity index (χ1n) is 9.30. The lowest BCUT2D eigenvalue weighted by Crippen LogP contribution is -2.49. The Labute approximate surface area is 175 Å². The molecule has 0 saturated heterocycles. The van der Waals surface area contributed by atoms with E-state index in [1.165, 1.54) is 12.2 Å². The first-order chi connectivity index (χ1) is 13.6. The van der Waals surface area contributed by atoms with Crippen LogP contribution in [0.15, 0.2) is 34.4 Å². The van der Waals surface area contributed by atoms with Gasteiger partial charge in [-0.25, -0.2) is 0 Å². The molecule has 0 radical (unpaired) electrons. The number of rotatable bonds is 10. The number of likely N-dealkylation sites (N-methyl/N-ethyl adjacent to an activating group) is 1. The van der Waals surface area contributed by atoms with Crippen LogP contribution in [0.4, 0.5) is 0 Å². The van der Waals surface area contributed by atoms with Crippen LogP contribution in [0.2, 0.25) is 0 Å². The Morgan fingerprint density at radius 3 is 2.48 bits per heavy atom. The summed E-state index contributed by atoms with van der Waals surface area (Å²) < 4.78 is 0. The minimum absolute atomic E-state index is 0.0897. The fourth-order valence-electron chi connectivity index (χ4n) is 2.41. The minimum Gasteiger partial charge on any atom is -0.366 e. The van der Waals surface area contributed by atoms with Gasteiger partial charge in [-0.2, -0.15) is 0 Å². The van der Waals surface area contributed by atoms with E-state index in [0.717, 1.165) is 0 Å². The van der Waals surface area contributed by atoms with Crippen LogP contribution < -0.4 is 27.0 Å². The predicted molar refractivity (Wildman–Crippen MR) is 111 cm³/mol. The van der Waals surface area contributed by atoms with Crippen LogP contribution in [0.1, 0.15) is 27.2 Å². The van der Waals surface area contributed by atoms with Gasteiger partial charge in [-0.05, 0) is 39.3 Å². The zero-order chi connectivity index (χ0) is 22.0. The number of hydrogen-bond donors (Lipinski definition) is 5. The summed E-state index contributed by atoms with van der Waals surface area (Å²) in [4.78, 5) is 47.1. The van der Waals surface area contributed by atoms with E-state index in [-0.39, 0.29) is 41.8 Å². The zero-order valence-corrected chi connectivity index (χ0v) is 17.6. The Morgan fingerprint density at radius 2 is 1.86 bits per heavy atom. The molecule has 0 aromatic heterocycles. The molecule has 4 amide bonds. The lowest BCUT2D eigenvalue weighted by atomic mass is 10.1.